The first-order valence-corrected chi connectivity index (χ1v) is 12.0. The first-order valence-electron chi connectivity index (χ1n) is 12.0. The lowest BCUT2D eigenvalue weighted by molar-refractivity contribution is 0.0697. The molecule has 2 aromatic heterocycles. The van der Waals surface area contributed by atoms with Crippen molar-refractivity contribution in [2.75, 3.05) is 10.6 Å². The number of halogens is 1. The largest absolute Gasteiger partial charge is 0.477 e. The molecule has 1 aliphatic heterocycles. The third-order valence-corrected chi connectivity index (χ3v) is 6.53. The Bertz CT molecular complexity index is 1270. The molecular weight excluding hydrogens is 465 g/mol. The van der Waals surface area contributed by atoms with Crippen molar-refractivity contribution < 1.29 is 14.3 Å². The molecule has 5 rings (SSSR count). The molecule has 1 saturated heterocycles. The van der Waals surface area contributed by atoms with E-state index >= 15 is 4.39 Å². The van der Waals surface area contributed by atoms with Crippen LogP contribution in [0.5, 0.6) is 0 Å². The van der Waals surface area contributed by atoms with Gasteiger partial charge >= 0.3 is 5.97 Å². The van der Waals surface area contributed by atoms with Crippen molar-refractivity contribution in [2.24, 2.45) is 0 Å². The van der Waals surface area contributed by atoms with E-state index in [1.165, 1.54) is 23.3 Å². The molecule has 2 aliphatic rings. The van der Waals surface area contributed by atoms with Gasteiger partial charge < -0.3 is 21.1 Å². The molecule has 11 nitrogen and oxygen atoms in total. The number of aromatic nitrogens is 6. The number of hydrogen-bond donors (Lipinski definition) is 4. The number of piperidine rings is 1. The highest BCUT2D eigenvalue weighted by molar-refractivity contribution is 5.93. The highest BCUT2D eigenvalue weighted by Crippen LogP contribution is 2.44. The molecule has 0 spiro atoms. The zero-order valence-corrected chi connectivity index (χ0v) is 20.7. The molecule has 4 N–H and O–H groups in total. The van der Waals surface area contributed by atoms with Gasteiger partial charge in [-0.2, -0.15) is 4.98 Å². The van der Waals surface area contributed by atoms with Crippen LogP contribution in [0.1, 0.15) is 75.2 Å². The predicted octanol–water partition coefficient (Wildman–Crippen LogP) is 3.63. The Hall–Kier alpha value is -3.67. The Balaban J connectivity index is 1.45. The molecule has 3 aromatic rings. The van der Waals surface area contributed by atoms with Crippen molar-refractivity contribution in [3.8, 4) is 5.69 Å². The molecule has 1 aliphatic carbocycles. The summed E-state index contributed by atoms with van der Waals surface area (Å²) in [7, 11) is 0. The molecule has 0 amide bonds. The Morgan fingerprint density at radius 1 is 1.19 bits per heavy atom. The van der Waals surface area contributed by atoms with Crippen molar-refractivity contribution in [3.05, 3.63) is 41.6 Å². The van der Waals surface area contributed by atoms with Gasteiger partial charge in [0.1, 0.15) is 23.5 Å². The van der Waals surface area contributed by atoms with Crippen LogP contribution < -0.4 is 16.0 Å². The van der Waals surface area contributed by atoms with Gasteiger partial charge in [0, 0.05) is 23.3 Å². The van der Waals surface area contributed by atoms with E-state index in [2.05, 4.69) is 69.1 Å². The summed E-state index contributed by atoms with van der Waals surface area (Å²) in [6.07, 6.45) is 6.21. The zero-order valence-electron chi connectivity index (χ0n) is 20.7. The molecule has 0 atom stereocenters. The van der Waals surface area contributed by atoms with Gasteiger partial charge in [-0.15, -0.1) is 5.10 Å². The number of tetrazole rings is 1. The van der Waals surface area contributed by atoms with Crippen molar-refractivity contribution in [1.82, 2.24) is 35.5 Å². The maximum Gasteiger partial charge on any atom is 0.341 e. The minimum atomic E-state index is -1.14. The predicted molar refractivity (Wildman–Crippen MR) is 131 cm³/mol. The number of carbonyl (C=O) groups is 1. The van der Waals surface area contributed by atoms with Crippen LogP contribution in [0, 0.1) is 5.82 Å². The molecule has 12 heteroatoms. The standard InChI is InChI=1S/C24H30FN9O2/c1-23(2)9-14(10-24(3,4)31-23)28-20-16(21(35)36)11-26-22(30-20)29-18-8-19(34-12-27-32-33-34)15(7-17(18)25)13-5-6-13/h7-8,11-14,31H,5-6,9-10H2,1-4H3,(H,35,36)(H2,26,28,29,30). The summed E-state index contributed by atoms with van der Waals surface area (Å²) < 4.78 is 16.6. The molecule has 0 unspecified atom stereocenters. The van der Waals surface area contributed by atoms with E-state index in [4.69, 9.17) is 0 Å². The summed E-state index contributed by atoms with van der Waals surface area (Å²) in [5.41, 5.74) is 1.32. The van der Waals surface area contributed by atoms with E-state index in [0.717, 1.165) is 31.2 Å². The maximum atomic E-state index is 15.1. The second kappa shape index (κ2) is 8.77. The lowest BCUT2D eigenvalue weighted by Crippen LogP contribution is -2.60. The van der Waals surface area contributed by atoms with E-state index in [1.54, 1.807) is 6.07 Å². The van der Waals surface area contributed by atoms with E-state index in [0.29, 0.717) is 5.69 Å². The van der Waals surface area contributed by atoms with E-state index in [-0.39, 0.29) is 46.1 Å². The second-order valence-electron chi connectivity index (χ2n) is 10.9. The van der Waals surface area contributed by atoms with Crippen LogP contribution in [-0.4, -0.2) is 58.4 Å². The van der Waals surface area contributed by atoms with Gasteiger partial charge in [0.2, 0.25) is 5.95 Å². The van der Waals surface area contributed by atoms with Gasteiger partial charge in [0.05, 0.1) is 11.4 Å². The fourth-order valence-electron chi connectivity index (χ4n) is 5.31. The van der Waals surface area contributed by atoms with Crippen LogP contribution >= 0.6 is 0 Å². The third kappa shape index (κ3) is 5.13. The lowest BCUT2D eigenvalue weighted by atomic mass is 9.79. The Labute approximate surface area is 207 Å². The summed E-state index contributed by atoms with van der Waals surface area (Å²) in [6.45, 7) is 8.46. The monoisotopic (exact) mass is 495 g/mol. The van der Waals surface area contributed by atoms with Gasteiger partial charge in [0.15, 0.2) is 0 Å². The number of aromatic carboxylic acids is 1. The van der Waals surface area contributed by atoms with Crippen molar-refractivity contribution in [1.29, 1.82) is 0 Å². The van der Waals surface area contributed by atoms with Crippen LogP contribution in [-0.2, 0) is 0 Å². The smallest absolute Gasteiger partial charge is 0.341 e. The van der Waals surface area contributed by atoms with E-state index in [9.17, 15) is 9.90 Å². The quantitative estimate of drug-likeness (QED) is 0.384. The number of carboxylic acid groups (broad SMARTS) is 1. The van der Waals surface area contributed by atoms with Crippen molar-refractivity contribution >= 4 is 23.4 Å². The molecular formula is C24H30FN9O2. The number of carboxylic acids is 1. The topological polar surface area (TPSA) is 143 Å². The molecule has 190 valence electrons. The fourth-order valence-corrected chi connectivity index (χ4v) is 5.31. The first kappa shape index (κ1) is 24.0. The van der Waals surface area contributed by atoms with Gasteiger partial charge in [-0.3, -0.25) is 0 Å². The summed E-state index contributed by atoms with van der Waals surface area (Å²) in [4.78, 5) is 20.5. The van der Waals surface area contributed by atoms with Gasteiger partial charge in [-0.1, -0.05) is 0 Å². The summed E-state index contributed by atoms with van der Waals surface area (Å²) >= 11 is 0. The average Bonchev–Trinajstić information content (AvgIpc) is 3.46. The highest BCUT2D eigenvalue weighted by Gasteiger charge is 2.38. The number of nitrogens with one attached hydrogen (secondary N) is 3. The Morgan fingerprint density at radius 3 is 2.53 bits per heavy atom. The average molecular weight is 496 g/mol. The third-order valence-electron chi connectivity index (χ3n) is 6.53. The minimum absolute atomic E-state index is 0.0157. The molecule has 36 heavy (non-hydrogen) atoms. The summed E-state index contributed by atoms with van der Waals surface area (Å²) in [6, 6.07) is 3.10. The van der Waals surface area contributed by atoms with Crippen molar-refractivity contribution in [2.45, 2.75) is 76.4 Å². The molecule has 3 heterocycles. The van der Waals surface area contributed by atoms with E-state index in [1.807, 2.05) is 0 Å². The van der Waals surface area contributed by atoms with Crippen molar-refractivity contribution in [3.63, 3.8) is 0 Å². The number of hydrogen-bond acceptors (Lipinski definition) is 9. The molecule has 2 fully saturated rings. The molecule has 1 saturated carbocycles. The fraction of sp³-hybridized carbons (Fsp3) is 0.500. The summed E-state index contributed by atoms with van der Waals surface area (Å²) in [5, 5.41) is 30.9. The molecule has 0 bridgehead atoms. The minimum Gasteiger partial charge on any atom is -0.477 e. The van der Waals surface area contributed by atoms with Crippen LogP contribution in [0.25, 0.3) is 5.69 Å². The molecule has 0 radical (unpaired) electrons. The Morgan fingerprint density at radius 2 is 1.92 bits per heavy atom. The number of nitrogens with zero attached hydrogens (tertiary/aromatic N) is 6. The normalized spacial score (nSPS) is 19.1. The SMILES string of the molecule is CC1(C)CC(Nc2nc(Nc3cc(-n4cnnn4)c(C4CC4)cc3F)ncc2C(=O)O)CC(C)(C)N1. The maximum absolute atomic E-state index is 15.1. The summed E-state index contributed by atoms with van der Waals surface area (Å²) in [5.74, 6) is -1.06. The second-order valence-corrected chi connectivity index (χ2v) is 10.9. The first-order chi connectivity index (χ1) is 17.0. The zero-order chi connectivity index (χ0) is 25.7. The molecule has 1 aromatic carbocycles. The number of anilines is 3. The Kier molecular flexibility index (Phi) is 5.86. The van der Waals surface area contributed by atoms with Crippen LogP contribution in [0.15, 0.2) is 24.7 Å². The number of benzene rings is 1. The lowest BCUT2D eigenvalue weighted by Gasteiger charge is -2.46. The van der Waals surface area contributed by atoms with Crippen LogP contribution in [0.4, 0.5) is 21.8 Å². The van der Waals surface area contributed by atoms with Gasteiger partial charge in [-0.05, 0) is 87.4 Å². The number of rotatable bonds is 7. The van der Waals surface area contributed by atoms with Crippen LogP contribution in [0.3, 0.4) is 0 Å². The highest BCUT2D eigenvalue weighted by atomic mass is 19.1. The van der Waals surface area contributed by atoms with Crippen LogP contribution in [0.2, 0.25) is 0 Å². The van der Waals surface area contributed by atoms with Gasteiger partial charge in [0.25, 0.3) is 0 Å². The van der Waals surface area contributed by atoms with Gasteiger partial charge in [-0.25, -0.2) is 18.9 Å². The van der Waals surface area contributed by atoms with E-state index < -0.39 is 11.8 Å².